The maximum atomic E-state index is 13.6. The van der Waals surface area contributed by atoms with E-state index in [1.54, 1.807) is 31.2 Å². The first kappa shape index (κ1) is 33.2. The molecule has 2 aromatic carbocycles. The summed E-state index contributed by atoms with van der Waals surface area (Å²) in [5.74, 6) is -2.14. The third kappa shape index (κ3) is 8.15. The van der Waals surface area contributed by atoms with E-state index in [0.29, 0.717) is 17.4 Å². The minimum atomic E-state index is -1.14. The summed E-state index contributed by atoms with van der Waals surface area (Å²) < 4.78 is 11.1. The van der Waals surface area contributed by atoms with Gasteiger partial charge in [-0.2, -0.15) is 0 Å². The van der Waals surface area contributed by atoms with E-state index in [4.69, 9.17) is 9.47 Å². The Kier molecular flexibility index (Phi) is 10.9. The molecule has 47 heavy (non-hydrogen) atoms. The molecule has 248 valence electrons. The number of para-hydroxylation sites is 1. The second-order valence-corrected chi connectivity index (χ2v) is 11.4. The SMILES string of the molecule is CCOC(=O)N1CCN(C(=O)[C@H](CCC(=O)O)NC(=O)c2cc(OCC(=O)N3CCC[C@H]3c3ccccc3)c3ccccc3n2)CC1. The maximum Gasteiger partial charge on any atom is 0.409 e. The van der Waals surface area contributed by atoms with E-state index >= 15 is 0 Å². The molecule has 3 aromatic rings. The van der Waals surface area contributed by atoms with Crippen LogP contribution in [0.5, 0.6) is 5.75 Å². The number of piperazine rings is 1. The molecule has 0 unspecified atom stereocenters. The molecular weight excluding hydrogens is 606 g/mol. The number of carbonyl (C=O) groups is 5. The van der Waals surface area contributed by atoms with E-state index in [2.05, 4.69) is 10.3 Å². The molecule has 2 atom stereocenters. The van der Waals surface area contributed by atoms with Gasteiger partial charge in [-0.1, -0.05) is 42.5 Å². The molecule has 0 bridgehead atoms. The summed E-state index contributed by atoms with van der Waals surface area (Å²) in [6.07, 6.45) is 0.801. The Morgan fingerprint density at radius 3 is 2.38 bits per heavy atom. The lowest BCUT2D eigenvalue weighted by Gasteiger charge is -2.35. The zero-order valence-electron chi connectivity index (χ0n) is 26.3. The second kappa shape index (κ2) is 15.4. The van der Waals surface area contributed by atoms with Gasteiger partial charge in [0.05, 0.1) is 18.2 Å². The number of amides is 4. The molecule has 0 aliphatic carbocycles. The number of carboxylic acids is 1. The van der Waals surface area contributed by atoms with Crippen LogP contribution in [-0.2, 0) is 19.1 Å². The summed E-state index contributed by atoms with van der Waals surface area (Å²) in [5, 5.41) is 12.6. The van der Waals surface area contributed by atoms with Gasteiger partial charge in [0.15, 0.2) is 6.61 Å². The number of hydrogen-bond donors (Lipinski definition) is 2. The first-order valence-corrected chi connectivity index (χ1v) is 15.8. The molecule has 2 aliphatic heterocycles. The number of fused-ring (bicyclic) bond motifs is 1. The van der Waals surface area contributed by atoms with Crippen molar-refractivity contribution in [2.75, 3.05) is 45.9 Å². The van der Waals surface area contributed by atoms with Crippen molar-refractivity contribution in [3.63, 3.8) is 0 Å². The number of nitrogens with zero attached hydrogens (tertiary/aromatic N) is 4. The Balaban J connectivity index is 1.30. The van der Waals surface area contributed by atoms with Crippen molar-refractivity contribution in [1.29, 1.82) is 0 Å². The molecule has 0 radical (unpaired) electrons. The quantitative estimate of drug-likeness (QED) is 0.319. The van der Waals surface area contributed by atoms with Crippen molar-refractivity contribution in [2.24, 2.45) is 0 Å². The predicted molar refractivity (Wildman–Crippen MR) is 171 cm³/mol. The van der Waals surface area contributed by atoms with E-state index in [1.807, 2.05) is 35.2 Å². The third-order valence-corrected chi connectivity index (χ3v) is 8.39. The summed E-state index contributed by atoms with van der Waals surface area (Å²) in [7, 11) is 0. The van der Waals surface area contributed by atoms with E-state index in [9.17, 15) is 29.1 Å². The monoisotopic (exact) mass is 645 g/mol. The lowest BCUT2D eigenvalue weighted by Crippen LogP contribution is -2.56. The molecule has 2 N–H and O–H groups in total. The van der Waals surface area contributed by atoms with Gasteiger partial charge < -0.3 is 34.6 Å². The molecule has 13 heteroatoms. The fourth-order valence-electron chi connectivity index (χ4n) is 5.99. The predicted octanol–water partition coefficient (Wildman–Crippen LogP) is 3.24. The highest BCUT2D eigenvalue weighted by Gasteiger charge is 2.32. The summed E-state index contributed by atoms with van der Waals surface area (Å²) in [4.78, 5) is 73.1. The molecular formula is C34H39N5O8. The fraction of sp³-hybridized carbons (Fsp3) is 0.412. The number of aliphatic carboxylic acids is 1. The van der Waals surface area contributed by atoms with Crippen molar-refractivity contribution >= 4 is 40.7 Å². The van der Waals surface area contributed by atoms with Crippen LogP contribution in [0.25, 0.3) is 10.9 Å². The van der Waals surface area contributed by atoms with Crippen LogP contribution in [0.2, 0.25) is 0 Å². The van der Waals surface area contributed by atoms with Gasteiger partial charge in [0.25, 0.3) is 11.8 Å². The Hall–Kier alpha value is -5.20. The summed E-state index contributed by atoms with van der Waals surface area (Å²) in [5.41, 5.74) is 1.48. The number of likely N-dealkylation sites (tertiary alicyclic amines) is 1. The van der Waals surface area contributed by atoms with Gasteiger partial charge >= 0.3 is 12.1 Å². The number of carbonyl (C=O) groups excluding carboxylic acids is 4. The molecule has 2 aliphatic rings. The number of pyridine rings is 1. The second-order valence-electron chi connectivity index (χ2n) is 11.4. The lowest BCUT2D eigenvalue weighted by atomic mass is 10.0. The Bertz CT molecular complexity index is 1610. The number of aromatic nitrogens is 1. The highest BCUT2D eigenvalue weighted by molar-refractivity contribution is 5.99. The van der Waals surface area contributed by atoms with Gasteiger partial charge in [0, 0.05) is 50.6 Å². The highest BCUT2D eigenvalue weighted by atomic mass is 16.6. The first-order valence-electron chi connectivity index (χ1n) is 15.8. The standard InChI is InChI=1S/C34H39N5O8/c1-2-46-34(45)38-19-17-37(18-20-38)33(44)26(14-15-31(41)42)36-32(43)27-21-29(24-11-6-7-12-25(24)35-27)47-22-30(40)39-16-8-13-28(39)23-9-4-3-5-10-23/h3-7,9-12,21,26,28H,2,8,13-20,22H2,1H3,(H,36,43)(H,41,42)/t26-,28-/m0/s1. The van der Waals surface area contributed by atoms with Crippen LogP contribution in [0, 0.1) is 0 Å². The molecule has 1 aromatic heterocycles. The molecule has 5 rings (SSSR count). The molecule has 2 fully saturated rings. The van der Waals surface area contributed by atoms with Gasteiger partial charge in [-0.3, -0.25) is 19.2 Å². The Morgan fingerprint density at radius 2 is 1.66 bits per heavy atom. The number of nitrogens with one attached hydrogen (secondary N) is 1. The smallest absolute Gasteiger partial charge is 0.409 e. The number of benzene rings is 2. The minimum absolute atomic E-state index is 0.0313. The number of rotatable bonds is 11. The number of carboxylic acid groups (broad SMARTS) is 1. The van der Waals surface area contributed by atoms with Crippen molar-refractivity contribution in [3.8, 4) is 5.75 Å². The Morgan fingerprint density at radius 1 is 0.957 bits per heavy atom. The van der Waals surface area contributed by atoms with Crippen molar-refractivity contribution in [1.82, 2.24) is 25.0 Å². The van der Waals surface area contributed by atoms with Crippen LogP contribution in [0.1, 0.15) is 54.7 Å². The fourth-order valence-corrected chi connectivity index (χ4v) is 5.99. The maximum absolute atomic E-state index is 13.6. The number of hydrogen-bond acceptors (Lipinski definition) is 8. The van der Waals surface area contributed by atoms with E-state index < -0.39 is 29.9 Å². The Labute approximate surface area is 272 Å². The van der Waals surface area contributed by atoms with Crippen LogP contribution < -0.4 is 10.1 Å². The van der Waals surface area contributed by atoms with Gasteiger partial charge in [0.1, 0.15) is 17.5 Å². The van der Waals surface area contributed by atoms with Crippen LogP contribution >= 0.6 is 0 Å². The summed E-state index contributed by atoms with van der Waals surface area (Å²) in [6.45, 7) is 3.24. The van der Waals surface area contributed by atoms with E-state index in [-0.39, 0.29) is 75.6 Å². The average molecular weight is 646 g/mol. The van der Waals surface area contributed by atoms with Crippen LogP contribution in [0.15, 0.2) is 60.7 Å². The molecule has 0 spiro atoms. The summed E-state index contributed by atoms with van der Waals surface area (Å²) in [6, 6.07) is 17.2. The van der Waals surface area contributed by atoms with Gasteiger partial charge in [-0.15, -0.1) is 0 Å². The summed E-state index contributed by atoms with van der Waals surface area (Å²) >= 11 is 0. The topological polar surface area (TPSA) is 159 Å². The van der Waals surface area contributed by atoms with E-state index in [0.717, 1.165) is 18.4 Å². The average Bonchev–Trinajstić information content (AvgIpc) is 3.59. The minimum Gasteiger partial charge on any atom is -0.483 e. The molecule has 13 nitrogen and oxygen atoms in total. The van der Waals surface area contributed by atoms with Crippen LogP contribution in [-0.4, -0.2) is 107 Å². The number of ether oxygens (including phenoxy) is 2. The van der Waals surface area contributed by atoms with Gasteiger partial charge in [-0.05, 0) is 43.9 Å². The first-order chi connectivity index (χ1) is 22.7. The normalized spacial score (nSPS) is 16.9. The molecule has 3 heterocycles. The van der Waals surface area contributed by atoms with E-state index in [1.165, 1.54) is 15.9 Å². The van der Waals surface area contributed by atoms with Gasteiger partial charge in [-0.25, -0.2) is 9.78 Å². The van der Waals surface area contributed by atoms with Crippen LogP contribution in [0.3, 0.4) is 0 Å². The van der Waals surface area contributed by atoms with Crippen molar-refractivity contribution in [3.05, 3.63) is 71.9 Å². The zero-order chi connectivity index (χ0) is 33.3. The molecule has 4 amide bonds. The zero-order valence-corrected chi connectivity index (χ0v) is 26.3. The van der Waals surface area contributed by atoms with Crippen molar-refractivity contribution in [2.45, 2.75) is 44.7 Å². The lowest BCUT2D eigenvalue weighted by molar-refractivity contribution is -0.138. The third-order valence-electron chi connectivity index (χ3n) is 8.39. The van der Waals surface area contributed by atoms with Gasteiger partial charge in [0.2, 0.25) is 5.91 Å². The highest BCUT2D eigenvalue weighted by Crippen LogP contribution is 2.32. The molecule has 0 saturated carbocycles. The van der Waals surface area contributed by atoms with Crippen molar-refractivity contribution < 1.29 is 38.6 Å². The molecule has 2 saturated heterocycles. The van der Waals surface area contributed by atoms with Crippen LogP contribution in [0.4, 0.5) is 4.79 Å². The largest absolute Gasteiger partial charge is 0.483 e.